The minimum absolute atomic E-state index is 0.490. The van der Waals surface area contributed by atoms with Crippen molar-refractivity contribution in [3.8, 4) is 0 Å². The lowest BCUT2D eigenvalue weighted by atomic mass is 10.1. The topological polar surface area (TPSA) is 21.3 Å². The van der Waals surface area contributed by atoms with Gasteiger partial charge in [0.05, 0.1) is 6.10 Å². The van der Waals surface area contributed by atoms with Gasteiger partial charge in [-0.2, -0.15) is 0 Å². The van der Waals surface area contributed by atoms with Gasteiger partial charge in [-0.25, -0.2) is 0 Å². The number of rotatable bonds is 2. The molecule has 0 amide bonds. The molecule has 1 rings (SSSR count). The molecule has 0 saturated carbocycles. The number of hydrogen-bond acceptors (Lipinski definition) is 2. The predicted octanol–water partition coefficient (Wildman–Crippen LogP) is 0.775. The summed E-state index contributed by atoms with van der Waals surface area (Å²) in [5.41, 5.74) is 0. The van der Waals surface area contributed by atoms with Gasteiger partial charge in [0.15, 0.2) is 0 Å². The first-order valence-corrected chi connectivity index (χ1v) is 3.76. The second kappa shape index (κ2) is 3.85. The van der Waals surface area contributed by atoms with Crippen molar-refractivity contribution in [3.05, 3.63) is 0 Å². The fraction of sp³-hybridized carbons (Fsp3) is 1.00. The van der Waals surface area contributed by atoms with Gasteiger partial charge in [0.2, 0.25) is 0 Å². The number of nitrogens with one attached hydrogen (secondary N) is 1. The van der Waals surface area contributed by atoms with Crippen molar-refractivity contribution in [2.24, 2.45) is 0 Å². The summed E-state index contributed by atoms with van der Waals surface area (Å²) in [5, 5.41) is 3.29. The summed E-state index contributed by atoms with van der Waals surface area (Å²) in [6.07, 6.45) is 3.00. The second-order valence-corrected chi connectivity index (χ2v) is 2.42. The molecule has 1 aliphatic heterocycles. The van der Waals surface area contributed by atoms with Crippen LogP contribution in [0.2, 0.25) is 0 Å². The Bertz CT molecular complexity index is 66.6. The summed E-state index contributed by atoms with van der Waals surface area (Å²) >= 11 is 0. The van der Waals surface area contributed by atoms with Crippen LogP contribution in [0.3, 0.4) is 0 Å². The van der Waals surface area contributed by atoms with Gasteiger partial charge in [0.1, 0.15) is 0 Å². The lowest BCUT2D eigenvalue weighted by molar-refractivity contribution is 0.0457. The second-order valence-electron chi connectivity index (χ2n) is 2.42. The van der Waals surface area contributed by atoms with Crippen molar-refractivity contribution in [1.82, 2.24) is 5.32 Å². The zero-order valence-corrected chi connectivity index (χ0v) is 6.02. The molecule has 54 valence electrons. The molecule has 1 atom stereocenters. The molecule has 0 aromatic carbocycles. The highest BCUT2D eigenvalue weighted by atomic mass is 16.5. The standard InChI is InChI=1S/C7H15NO/c1-2-9-7-4-3-5-8-6-7/h7-8H,2-6H2,1H3/t7-/m1/s1. The summed E-state index contributed by atoms with van der Waals surface area (Å²) in [6, 6.07) is 0. The summed E-state index contributed by atoms with van der Waals surface area (Å²) in [4.78, 5) is 0. The van der Waals surface area contributed by atoms with E-state index in [0.29, 0.717) is 6.10 Å². The van der Waals surface area contributed by atoms with E-state index < -0.39 is 0 Å². The third-order valence-corrected chi connectivity index (χ3v) is 1.65. The van der Waals surface area contributed by atoms with Crippen LogP contribution in [0.4, 0.5) is 0 Å². The predicted molar refractivity (Wildman–Crippen MR) is 37.5 cm³/mol. The number of piperidine rings is 1. The van der Waals surface area contributed by atoms with Crippen molar-refractivity contribution < 1.29 is 4.74 Å². The van der Waals surface area contributed by atoms with E-state index in [4.69, 9.17) is 4.74 Å². The van der Waals surface area contributed by atoms with Crippen LogP contribution in [-0.4, -0.2) is 25.8 Å². The fourth-order valence-corrected chi connectivity index (χ4v) is 1.20. The van der Waals surface area contributed by atoms with Crippen LogP contribution in [-0.2, 0) is 4.74 Å². The first kappa shape index (κ1) is 7.03. The molecule has 0 spiro atoms. The molecule has 1 saturated heterocycles. The molecule has 9 heavy (non-hydrogen) atoms. The molecule has 1 N–H and O–H groups in total. The largest absolute Gasteiger partial charge is 0.377 e. The molecule has 0 aliphatic carbocycles. The minimum Gasteiger partial charge on any atom is -0.377 e. The Morgan fingerprint density at radius 2 is 2.56 bits per heavy atom. The molecule has 1 aliphatic rings. The molecule has 0 aromatic rings. The average molecular weight is 129 g/mol. The maximum absolute atomic E-state index is 5.42. The average Bonchev–Trinajstić information content (AvgIpc) is 1.91. The van der Waals surface area contributed by atoms with E-state index in [9.17, 15) is 0 Å². The molecule has 0 radical (unpaired) electrons. The quantitative estimate of drug-likeness (QED) is 0.594. The van der Waals surface area contributed by atoms with Crippen molar-refractivity contribution in [2.45, 2.75) is 25.9 Å². The molecule has 2 nitrogen and oxygen atoms in total. The Morgan fingerprint density at radius 3 is 3.11 bits per heavy atom. The molecular formula is C7H15NO. The SMILES string of the molecule is CCO[C@@H]1CCCNC1. The van der Waals surface area contributed by atoms with Crippen LogP contribution in [0.1, 0.15) is 19.8 Å². The van der Waals surface area contributed by atoms with Gasteiger partial charge < -0.3 is 10.1 Å². The summed E-state index contributed by atoms with van der Waals surface area (Å²) in [5.74, 6) is 0. The van der Waals surface area contributed by atoms with Gasteiger partial charge in [-0.3, -0.25) is 0 Å². The van der Waals surface area contributed by atoms with Gasteiger partial charge in [-0.1, -0.05) is 0 Å². The molecule has 0 aromatic heterocycles. The molecule has 0 unspecified atom stereocenters. The third kappa shape index (κ3) is 2.33. The van der Waals surface area contributed by atoms with Crippen LogP contribution < -0.4 is 5.32 Å². The van der Waals surface area contributed by atoms with E-state index in [2.05, 4.69) is 12.2 Å². The van der Waals surface area contributed by atoms with E-state index >= 15 is 0 Å². The normalized spacial score (nSPS) is 28.3. The molecule has 1 fully saturated rings. The van der Waals surface area contributed by atoms with Crippen LogP contribution >= 0.6 is 0 Å². The zero-order chi connectivity index (χ0) is 6.53. The summed E-state index contributed by atoms with van der Waals surface area (Å²) < 4.78 is 5.42. The van der Waals surface area contributed by atoms with Crippen LogP contribution in [0, 0.1) is 0 Å². The smallest absolute Gasteiger partial charge is 0.0699 e. The van der Waals surface area contributed by atoms with E-state index in [1.54, 1.807) is 0 Å². The van der Waals surface area contributed by atoms with Crippen molar-refractivity contribution in [2.75, 3.05) is 19.7 Å². The molecule has 1 heterocycles. The minimum atomic E-state index is 0.490. The monoisotopic (exact) mass is 129 g/mol. The number of hydrogen-bond donors (Lipinski definition) is 1. The Kier molecular flexibility index (Phi) is 3.01. The van der Waals surface area contributed by atoms with E-state index in [1.165, 1.54) is 19.4 Å². The third-order valence-electron chi connectivity index (χ3n) is 1.65. The number of ether oxygens (including phenoxy) is 1. The first-order chi connectivity index (χ1) is 4.43. The highest BCUT2D eigenvalue weighted by Crippen LogP contribution is 2.04. The van der Waals surface area contributed by atoms with Gasteiger partial charge >= 0.3 is 0 Å². The van der Waals surface area contributed by atoms with E-state index in [-0.39, 0.29) is 0 Å². The maximum atomic E-state index is 5.42. The lowest BCUT2D eigenvalue weighted by Gasteiger charge is -2.22. The Hall–Kier alpha value is -0.0800. The van der Waals surface area contributed by atoms with Crippen LogP contribution in [0.5, 0.6) is 0 Å². The van der Waals surface area contributed by atoms with Gasteiger partial charge in [0, 0.05) is 13.2 Å². The van der Waals surface area contributed by atoms with Gasteiger partial charge in [-0.05, 0) is 26.3 Å². The maximum Gasteiger partial charge on any atom is 0.0699 e. The van der Waals surface area contributed by atoms with Crippen molar-refractivity contribution in [3.63, 3.8) is 0 Å². The van der Waals surface area contributed by atoms with Crippen molar-refractivity contribution >= 4 is 0 Å². The lowest BCUT2D eigenvalue weighted by Crippen LogP contribution is -2.35. The Morgan fingerprint density at radius 1 is 1.67 bits per heavy atom. The van der Waals surface area contributed by atoms with Crippen LogP contribution in [0.25, 0.3) is 0 Å². The van der Waals surface area contributed by atoms with Crippen LogP contribution in [0.15, 0.2) is 0 Å². The summed E-state index contributed by atoms with van der Waals surface area (Å²) in [6.45, 7) is 5.12. The van der Waals surface area contributed by atoms with E-state index in [1.807, 2.05) is 0 Å². The molecule has 0 bridgehead atoms. The highest BCUT2D eigenvalue weighted by molar-refractivity contribution is 4.67. The van der Waals surface area contributed by atoms with Gasteiger partial charge in [-0.15, -0.1) is 0 Å². The highest BCUT2D eigenvalue weighted by Gasteiger charge is 2.11. The van der Waals surface area contributed by atoms with Gasteiger partial charge in [0.25, 0.3) is 0 Å². The fourth-order valence-electron chi connectivity index (χ4n) is 1.20. The van der Waals surface area contributed by atoms with Crippen molar-refractivity contribution in [1.29, 1.82) is 0 Å². The van der Waals surface area contributed by atoms with E-state index in [0.717, 1.165) is 13.2 Å². The summed E-state index contributed by atoms with van der Waals surface area (Å²) in [7, 11) is 0. The Labute approximate surface area is 56.6 Å². The first-order valence-electron chi connectivity index (χ1n) is 3.76. The molecular weight excluding hydrogens is 114 g/mol. The molecule has 2 heteroatoms. The Balaban J connectivity index is 2.08. The zero-order valence-electron chi connectivity index (χ0n) is 6.02.